The number of anilines is 1. The number of rotatable bonds is 13. The first kappa shape index (κ1) is 31.2. The average Bonchev–Trinajstić information content (AvgIpc) is 2.92. The molecule has 0 saturated carbocycles. The van der Waals surface area contributed by atoms with E-state index < -0.39 is 40.2 Å². The summed E-state index contributed by atoms with van der Waals surface area (Å²) in [5.74, 6) is -3.44. The van der Waals surface area contributed by atoms with Crippen LogP contribution < -0.4 is 9.62 Å². The summed E-state index contributed by atoms with van der Waals surface area (Å²) in [6.07, 6.45) is 2.68. The number of halogens is 3. The second kappa shape index (κ2) is 14.4. The molecule has 0 aromatic heterocycles. The quantitative estimate of drug-likeness (QED) is 0.266. The molecule has 0 aliphatic heterocycles. The van der Waals surface area contributed by atoms with Gasteiger partial charge in [-0.3, -0.25) is 13.9 Å². The van der Waals surface area contributed by atoms with Crippen molar-refractivity contribution in [1.29, 1.82) is 0 Å². The number of amides is 2. The van der Waals surface area contributed by atoms with E-state index in [1.54, 1.807) is 24.3 Å². The predicted molar refractivity (Wildman–Crippen MR) is 155 cm³/mol. The summed E-state index contributed by atoms with van der Waals surface area (Å²) in [6.45, 7) is 1.72. The number of sulfonamides is 1. The molecular weight excluding hydrogens is 604 g/mol. The van der Waals surface area contributed by atoms with E-state index >= 15 is 0 Å². The van der Waals surface area contributed by atoms with Crippen LogP contribution in [0, 0.1) is 11.6 Å². The van der Waals surface area contributed by atoms with Gasteiger partial charge in [-0.1, -0.05) is 71.7 Å². The molecule has 40 heavy (non-hydrogen) atoms. The van der Waals surface area contributed by atoms with Crippen molar-refractivity contribution < 1.29 is 26.8 Å². The summed E-state index contributed by atoms with van der Waals surface area (Å²) >= 11 is 3.39. The molecule has 0 bridgehead atoms. The van der Waals surface area contributed by atoms with Crippen molar-refractivity contribution in [2.24, 2.45) is 0 Å². The summed E-state index contributed by atoms with van der Waals surface area (Å²) in [5.41, 5.74) is 1.33. The summed E-state index contributed by atoms with van der Waals surface area (Å²) < 4.78 is 54.6. The van der Waals surface area contributed by atoms with Crippen LogP contribution in [0.5, 0.6) is 0 Å². The van der Waals surface area contributed by atoms with Gasteiger partial charge in [0.15, 0.2) is 11.6 Å². The molecule has 214 valence electrons. The molecule has 0 saturated heterocycles. The number of carbonyl (C=O) groups is 2. The topological polar surface area (TPSA) is 86.8 Å². The number of benzene rings is 3. The lowest BCUT2D eigenvalue weighted by Crippen LogP contribution is -2.53. The Labute approximate surface area is 242 Å². The maximum atomic E-state index is 14.0. The maximum absolute atomic E-state index is 14.0. The number of hydrogen-bond acceptors (Lipinski definition) is 4. The number of unbranched alkanes of at least 4 members (excludes halogenated alkanes) is 1. The minimum Gasteiger partial charge on any atom is -0.354 e. The molecule has 7 nitrogen and oxygen atoms in total. The summed E-state index contributed by atoms with van der Waals surface area (Å²) in [5, 5.41) is 2.90. The molecule has 0 unspecified atom stereocenters. The van der Waals surface area contributed by atoms with Crippen LogP contribution in [0.15, 0.2) is 77.3 Å². The largest absolute Gasteiger partial charge is 0.354 e. The van der Waals surface area contributed by atoms with Crippen LogP contribution in [0.3, 0.4) is 0 Å². The Morgan fingerprint density at radius 2 is 1.62 bits per heavy atom. The van der Waals surface area contributed by atoms with Crippen molar-refractivity contribution in [2.75, 3.05) is 23.7 Å². The zero-order chi connectivity index (χ0) is 29.3. The lowest BCUT2D eigenvalue weighted by Gasteiger charge is -2.33. The molecule has 2 amide bonds. The van der Waals surface area contributed by atoms with E-state index in [1.165, 1.54) is 4.90 Å². The minimum atomic E-state index is -4.09. The monoisotopic (exact) mass is 635 g/mol. The zero-order valence-corrected chi connectivity index (χ0v) is 24.7. The van der Waals surface area contributed by atoms with E-state index in [1.807, 2.05) is 37.3 Å². The third kappa shape index (κ3) is 8.85. The summed E-state index contributed by atoms with van der Waals surface area (Å²) in [7, 11) is -4.09. The van der Waals surface area contributed by atoms with Crippen LogP contribution in [0.25, 0.3) is 0 Å². The fourth-order valence-electron chi connectivity index (χ4n) is 4.10. The van der Waals surface area contributed by atoms with Gasteiger partial charge in [0.1, 0.15) is 12.6 Å². The molecule has 3 aromatic carbocycles. The lowest BCUT2D eigenvalue weighted by atomic mass is 10.0. The third-order valence-corrected chi connectivity index (χ3v) is 7.91. The van der Waals surface area contributed by atoms with Crippen molar-refractivity contribution >= 4 is 43.5 Å². The lowest BCUT2D eigenvalue weighted by molar-refractivity contribution is -0.140. The highest BCUT2D eigenvalue weighted by Crippen LogP contribution is 2.23. The van der Waals surface area contributed by atoms with E-state index in [0.29, 0.717) is 10.8 Å². The third-order valence-electron chi connectivity index (χ3n) is 6.24. The van der Waals surface area contributed by atoms with E-state index in [0.717, 1.165) is 52.9 Å². The Kier molecular flexibility index (Phi) is 11.2. The second-order valence-corrected chi connectivity index (χ2v) is 12.2. The zero-order valence-electron chi connectivity index (χ0n) is 22.3. The Balaban J connectivity index is 2.03. The van der Waals surface area contributed by atoms with Gasteiger partial charge in [-0.05, 0) is 41.8 Å². The number of carbonyl (C=O) groups excluding carboxylic acids is 2. The minimum absolute atomic E-state index is 0.0141. The molecule has 0 radical (unpaired) electrons. The molecule has 0 aliphatic carbocycles. The molecule has 11 heteroatoms. The predicted octanol–water partition coefficient (Wildman–Crippen LogP) is 5.05. The van der Waals surface area contributed by atoms with Gasteiger partial charge in [0.05, 0.1) is 11.9 Å². The van der Waals surface area contributed by atoms with E-state index in [2.05, 4.69) is 21.2 Å². The summed E-state index contributed by atoms with van der Waals surface area (Å²) in [6, 6.07) is 18.0. The van der Waals surface area contributed by atoms with Gasteiger partial charge < -0.3 is 10.2 Å². The smallest absolute Gasteiger partial charge is 0.244 e. The molecule has 1 atom stereocenters. The van der Waals surface area contributed by atoms with Gasteiger partial charge >= 0.3 is 0 Å². The Morgan fingerprint density at radius 1 is 0.950 bits per heavy atom. The molecule has 0 aliphatic rings. The average molecular weight is 637 g/mol. The molecule has 0 fully saturated rings. The van der Waals surface area contributed by atoms with Gasteiger partial charge in [0, 0.05) is 30.0 Å². The fraction of sp³-hybridized carbons (Fsp3) is 0.310. The number of nitrogens with one attached hydrogen (secondary N) is 1. The van der Waals surface area contributed by atoms with Gasteiger partial charge in [-0.25, -0.2) is 17.2 Å². The molecule has 3 aromatic rings. The van der Waals surface area contributed by atoms with Crippen molar-refractivity contribution in [3.8, 4) is 0 Å². The van der Waals surface area contributed by atoms with Crippen LogP contribution in [-0.4, -0.2) is 50.5 Å². The first-order valence-electron chi connectivity index (χ1n) is 12.8. The van der Waals surface area contributed by atoms with Gasteiger partial charge in [0.2, 0.25) is 21.8 Å². The number of nitrogens with zero attached hydrogens (tertiary/aromatic N) is 2. The first-order chi connectivity index (χ1) is 19.0. The van der Waals surface area contributed by atoms with E-state index in [4.69, 9.17) is 0 Å². The molecule has 0 spiro atoms. The van der Waals surface area contributed by atoms with Crippen LogP contribution in [0.4, 0.5) is 14.5 Å². The Hall–Kier alpha value is -3.31. The van der Waals surface area contributed by atoms with Gasteiger partial charge in [-0.2, -0.15) is 0 Å². The maximum Gasteiger partial charge on any atom is 0.244 e. The van der Waals surface area contributed by atoms with Crippen molar-refractivity contribution in [2.45, 2.75) is 38.8 Å². The second-order valence-electron chi connectivity index (χ2n) is 9.37. The molecule has 3 rings (SSSR count). The van der Waals surface area contributed by atoms with Crippen LogP contribution in [0.2, 0.25) is 0 Å². The highest BCUT2D eigenvalue weighted by Gasteiger charge is 2.33. The SMILES string of the molecule is CCCCNC(=O)[C@@H](Cc1ccccc1)N(Cc1ccc(Br)cc1)C(=O)CN(c1ccc(F)c(F)c1)S(C)(=O)=O. The molecular formula is C29H32BrF2N3O4S. The van der Waals surface area contributed by atoms with E-state index in [9.17, 15) is 26.8 Å². The summed E-state index contributed by atoms with van der Waals surface area (Å²) in [4.78, 5) is 28.8. The van der Waals surface area contributed by atoms with Crippen molar-refractivity contribution in [3.05, 3.63) is 100 Å². The Bertz CT molecular complexity index is 1410. The number of hydrogen-bond donors (Lipinski definition) is 1. The van der Waals surface area contributed by atoms with Crippen LogP contribution in [-0.2, 0) is 32.6 Å². The van der Waals surface area contributed by atoms with E-state index in [-0.39, 0.29) is 24.6 Å². The van der Waals surface area contributed by atoms with Crippen LogP contribution in [0.1, 0.15) is 30.9 Å². The standard InChI is InChI=1S/C29H32BrF2N3O4S/c1-3-4-16-33-29(37)27(17-21-8-6-5-7-9-21)34(19-22-10-12-23(30)13-11-22)28(36)20-35(40(2,38)39)24-14-15-25(31)26(32)18-24/h5-15,18,27H,3-4,16-17,19-20H2,1-2H3,(H,33,37)/t27-/m1/s1. The van der Waals surface area contributed by atoms with Gasteiger partial charge in [0.25, 0.3) is 0 Å². The van der Waals surface area contributed by atoms with Crippen molar-refractivity contribution in [1.82, 2.24) is 10.2 Å². The van der Waals surface area contributed by atoms with Crippen LogP contribution >= 0.6 is 15.9 Å². The van der Waals surface area contributed by atoms with Gasteiger partial charge in [-0.15, -0.1) is 0 Å². The first-order valence-corrected chi connectivity index (χ1v) is 15.4. The Morgan fingerprint density at radius 3 is 2.23 bits per heavy atom. The fourth-order valence-corrected chi connectivity index (χ4v) is 5.21. The normalized spacial score (nSPS) is 12.0. The molecule has 0 heterocycles. The highest BCUT2D eigenvalue weighted by molar-refractivity contribution is 9.10. The highest BCUT2D eigenvalue weighted by atomic mass is 79.9. The van der Waals surface area contributed by atoms with Crippen molar-refractivity contribution in [3.63, 3.8) is 0 Å². The molecule has 1 N–H and O–H groups in total.